The van der Waals surface area contributed by atoms with Crippen molar-refractivity contribution < 1.29 is 0 Å². The van der Waals surface area contributed by atoms with E-state index in [1.54, 1.807) is 12.3 Å². The van der Waals surface area contributed by atoms with Gasteiger partial charge in [-0.05, 0) is 36.8 Å². The summed E-state index contributed by atoms with van der Waals surface area (Å²) in [5, 5.41) is 8.75. The number of nitrogens with zero attached hydrogens (tertiary/aromatic N) is 3. The van der Waals surface area contributed by atoms with Crippen LogP contribution in [0.3, 0.4) is 0 Å². The van der Waals surface area contributed by atoms with Gasteiger partial charge in [0, 0.05) is 18.8 Å². The smallest absolute Gasteiger partial charge is 0.140 e. The van der Waals surface area contributed by atoms with Crippen molar-refractivity contribution in [1.29, 1.82) is 5.26 Å². The molecule has 2 N–H and O–H groups in total. The zero-order chi connectivity index (χ0) is 13.7. The van der Waals surface area contributed by atoms with Crippen molar-refractivity contribution in [2.24, 2.45) is 0 Å². The van der Waals surface area contributed by atoms with Crippen LogP contribution in [0.2, 0.25) is 0 Å². The number of nitrogen functional groups attached to an aromatic ring is 1. The summed E-state index contributed by atoms with van der Waals surface area (Å²) in [4.78, 5) is 6.29. The number of rotatable bonds is 4. The minimum absolute atomic E-state index is 0.437. The zero-order valence-corrected chi connectivity index (χ0v) is 10.9. The molecule has 19 heavy (non-hydrogen) atoms. The van der Waals surface area contributed by atoms with Crippen molar-refractivity contribution in [3.8, 4) is 6.07 Å². The SMILES string of the molecule is CCN(Cc1ccc(N)cc1)c1ccc(C#N)nc1. The topological polar surface area (TPSA) is 65.9 Å². The highest BCUT2D eigenvalue weighted by Gasteiger charge is 2.06. The molecule has 4 nitrogen and oxygen atoms in total. The number of nitrogens with two attached hydrogens (primary N) is 1. The molecule has 0 amide bonds. The minimum atomic E-state index is 0.437. The first kappa shape index (κ1) is 12.9. The van der Waals surface area contributed by atoms with Crippen molar-refractivity contribution in [1.82, 2.24) is 4.98 Å². The molecule has 0 atom stereocenters. The van der Waals surface area contributed by atoms with Gasteiger partial charge >= 0.3 is 0 Å². The third kappa shape index (κ3) is 3.23. The lowest BCUT2D eigenvalue weighted by Crippen LogP contribution is -2.22. The fourth-order valence-electron chi connectivity index (χ4n) is 1.87. The minimum Gasteiger partial charge on any atom is -0.399 e. The van der Waals surface area contributed by atoms with Gasteiger partial charge in [0.1, 0.15) is 11.8 Å². The molecule has 4 heteroatoms. The molecule has 1 heterocycles. The molecule has 0 fully saturated rings. The highest BCUT2D eigenvalue weighted by molar-refractivity contribution is 5.47. The summed E-state index contributed by atoms with van der Waals surface area (Å²) in [5.74, 6) is 0. The number of pyridine rings is 1. The van der Waals surface area contributed by atoms with Crippen LogP contribution >= 0.6 is 0 Å². The number of anilines is 2. The van der Waals surface area contributed by atoms with Gasteiger partial charge in [0.15, 0.2) is 0 Å². The van der Waals surface area contributed by atoms with Crippen molar-refractivity contribution in [2.75, 3.05) is 17.2 Å². The summed E-state index contributed by atoms with van der Waals surface area (Å²) in [6, 6.07) is 13.5. The Morgan fingerprint density at radius 2 is 1.95 bits per heavy atom. The molecule has 0 saturated carbocycles. The third-order valence-electron chi connectivity index (χ3n) is 2.96. The van der Waals surface area contributed by atoms with E-state index in [-0.39, 0.29) is 0 Å². The quantitative estimate of drug-likeness (QED) is 0.849. The number of benzene rings is 1. The van der Waals surface area contributed by atoms with Gasteiger partial charge in [-0.2, -0.15) is 5.26 Å². The normalized spacial score (nSPS) is 9.89. The van der Waals surface area contributed by atoms with Crippen LogP contribution in [0.1, 0.15) is 18.2 Å². The van der Waals surface area contributed by atoms with Crippen molar-refractivity contribution >= 4 is 11.4 Å². The van der Waals surface area contributed by atoms with E-state index < -0.39 is 0 Å². The summed E-state index contributed by atoms with van der Waals surface area (Å²) in [7, 11) is 0. The van der Waals surface area contributed by atoms with Gasteiger partial charge in [-0.15, -0.1) is 0 Å². The highest BCUT2D eigenvalue weighted by Crippen LogP contribution is 2.17. The lowest BCUT2D eigenvalue weighted by Gasteiger charge is -2.22. The molecule has 0 spiro atoms. The first-order valence-corrected chi connectivity index (χ1v) is 6.18. The fourth-order valence-corrected chi connectivity index (χ4v) is 1.87. The first-order valence-electron chi connectivity index (χ1n) is 6.18. The molecular weight excluding hydrogens is 236 g/mol. The highest BCUT2D eigenvalue weighted by atomic mass is 15.1. The van der Waals surface area contributed by atoms with Gasteiger partial charge in [-0.25, -0.2) is 4.98 Å². The van der Waals surface area contributed by atoms with E-state index in [1.807, 2.05) is 36.4 Å². The van der Waals surface area contributed by atoms with E-state index in [9.17, 15) is 0 Å². The first-order chi connectivity index (χ1) is 9.22. The van der Waals surface area contributed by atoms with Crippen LogP contribution in [0.5, 0.6) is 0 Å². The molecule has 96 valence electrons. The van der Waals surface area contributed by atoms with Crippen LogP contribution in [-0.4, -0.2) is 11.5 Å². The summed E-state index contributed by atoms with van der Waals surface area (Å²) in [5.41, 5.74) is 9.09. The Morgan fingerprint density at radius 1 is 1.21 bits per heavy atom. The molecule has 0 aliphatic heterocycles. The average molecular weight is 252 g/mol. The summed E-state index contributed by atoms with van der Waals surface area (Å²) in [6.45, 7) is 3.76. The molecule has 0 aliphatic carbocycles. The lowest BCUT2D eigenvalue weighted by atomic mass is 10.2. The maximum Gasteiger partial charge on any atom is 0.140 e. The molecule has 2 aromatic rings. The molecule has 0 bridgehead atoms. The van der Waals surface area contributed by atoms with Gasteiger partial charge < -0.3 is 10.6 Å². The Balaban J connectivity index is 2.15. The molecule has 1 aromatic heterocycles. The maximum atomic E-state index is 8.75. The zero-order valence-electron chi connectivity index (χ0n) is 10.9. The standard InChI is InChI=1S/C15H16N4/c1-2-19(11-12-3-5-13(17)6-4-12)15-8-7-14(9-16)18-10-15/h3-8,10H,2,11,17H2,1H3. The fraction of sp³-hybridized carbons (Fsp3) is 0.200. The second kappa shape index (κ2) is 5.87. The molecule has 1 aromatic carbocycles. The Morgan fingerprint density at radius 3 is 2.47 bits per heavy atom. The van der Waals surface area contributed by atoms with Gasteiger partial charge in [-0.3, -0.25) is 0 Å². The van der Waals surface area contributed by atoms with Gasteiger partial charge in [0.2, 0.25) is 0 Å². The molecule has 2 rings (SSSR count). The third-order valence-corrected chi connectivity index (χ3v) is 2.96. The van der Waals surface area contributed by atoms with E-state index in [4.69, 9.17) is 11.0 Å². The van der Waals surface area contributed by atoms with Crippen LogP contribution < -0.4 is 10.6 Å². The van der Waals surface area contributed by atoms with Crippen LogP contribution in [0.15, 0.2) is 42.6 Å². The molecular formula is C15H16N4. The summed E-state index contributed by atoms with van der Waals surface area (Å²) >= 11 is 0. The van der Waals surface area contributed by atoms with Gasteiger partial charge in [0.05, 0.1) is 11.9 Å². The largest absolute Gasteiger partial charge is 0.399 e. The predicted octanol–water partition coefficient (Wildman–Crippen LogP) is 2.56. The average Bonchev–Trinajstić information content (AvgIpc) is 2.47. The van der Waals surface area contributed by atoms with Gasteiger partial charge in [0.25, 0.3) is 0 Å². The monoisotopic (exact) mass is 252 g/mol. The number of aromatic nitrogens is 1. The Bertz CT molecular complexity index is 567. The maximum absolute atomic E-state index is 8.75. The Hall–Kier alpha value is -2.54. The second-order valence-electron chi connectivity index (χ2n) is 4.27. The van der Waals surface area contributed by atoms with E-state index in [2.05, 4.69) is 16.8 Å². The van der Waals surface area contributed by atoms with Crippen molar-refractivity contribution in [3.05, 3.63) is 53.9 Å². The van der Waals surface area contributed by atoms with Crippen molar-refractivity contribution in [2.45, 2.75) is 13.5 Å². The number of nitriles is 1. The summed E-state index contributed by atoms with van der Waals surface area (Å²) < 4.78 is 0. The van der Waals surface area contributed by atoms with Crippen LogP contribution in [-0.2, 0) is 6.54 Å². The van der Waals surface area contributed by atoms with E-state index in [0.29, 0.717) is 5.69 Å². The van der Waals surface area contributed by atoms with E-state index in [0.717, 1.165) is 24.5 Å². The second-order valence-corrected chi connectivity index (χ2v) is 4.27. The van der Waals surface area contributed by atoms with Gasteiger partial charge in [-0.1, -0.05) is 12.1 Å². The van der Waals surface area contributed by atoms with Crippen LogP contribution in [0, 0.1) is 11.3 Å². The van der Waals surface area contributed by atoms with E-state index in [1.165, 1.54) is 5.56 Å². The molecule has 0 radical (unpaired) electrons. The predicted molar refractivity (Wildman–Crippen MR) is 76.5 cm³/mol. The molecule has 0 saturated heterocycles. The lowest BCUT2D eigenvalue weighted by molar-refractivity contribution is 0.828. The number of hydrogen-bond donors (Lipinski definition) is 1. The van der Waals surface area contributed by atoms with Crippen LogP contribution in [0.25, 0.3) is 0 Å². The number of hydrogen-bond acceptors (Lipinski definition) is 4. The summed E-state index contributed by atoms with van der Waals surface area (Å²) in [6.07, 6.45) is 1.74. The van der Waals surface area contributed by atoms with E-state index >= 15 is 0 Å². The van der Waals surface area contributed by atoms with Crippen molar-refractivity contribution in [3.63, 3.8) is 0 Å². The molecule has 0 aliphatic rings. The Labute approximate surface area is 113 Å². The Kier molecular flexibility index (Phi) is 3.99. The van der Waals surface area contributed by atoms with Crippen LogP contribution in [0.4, 0.5) is 11.4 Å². The molecule has 0 unspecified atom stereocenters.